The van der Waals surface area contributed by atoms with E-state index in [9.17, 15) is 0 Å². The van der Waals surface area contributed by atoms with Crippen LogP contribution in [0.3, 0.4) is 0 Å². The molecule has 0 radical (unpaired) electrons. The molecule has 4 nitrogen and oxygen atoms in total. The van der Waals surface area contributed by atoms with Crippen LogP contribution in [0.4, 0.5) is 11.6 Å². The average molecular weight is 310 g/mol. The van der Waals surface area contributed by atoms with E-state index in [-0.39, 0.29) is 0 Å². The Hall–Kier alpha value is -2.27. The molecule has 0 unspecified atom stereocenters. The van der Waals surface area contributed by atoms with Gasteiger partial charge in [0, 0.05) is 11.9 Å². The summed E-state index contributed by atoms with van der Waals surface area (Å²) in [6.07, 6.45) is 3.91. The monoisotopic (exact) mass is 310 g/mol. The fourth-order valence-corrected chi connectivity index (χ4v) is 3.34. The summed E-state index contributed by atoms with van der Waals surface area (Å²) in [5.41, 5.74) is 2.94. The molecule has 2 heterocycles. The Morgan fingerprint density at radius 3 is 2.68 bits per heavy atom. The standard InChI is InChI=1S/C17H18N4S/c1-3-7-15-19-12(2)16(22-15)14-10-11-18-17(21-14)20-13-8-5-4-6-9-13/h4-6,8-11H,3,7H2,1-2H3,(H,18,20,21). The lowest BCUT2D eigenvalue weighted by atomic mass is 10.3. The first kappa shape index (κ1) is 14.7. The molecule has 0 aliphatic rings. The van der Waals surface area contributed by atoms with Crippen LogP contribution in [0.25, 0.3) is 10.6 Å². The fourth-order valence-electron chi connectivity index (χ4n) is 2.21. The molecule has 0 spiro atoms. The molecule has 0 bridgehead atoms. The molecular formula is C17H18N4S. The van der Waals surface area contributed by atoms with Crippen LogP contribution in [0.2, 0.25) is 0 Å². The van der Waals surface area contributed by atoms with Crippen molar-refractivity contribution in [1.82, 2.24) is 15.0 Å². The van der Waals surface area contributed by atoms with Crippen LogP contribution in [0, 0.1) is 6.92 Å². The van der Waals surface area contributed by atoms with E-state index in [4.69, 9.17) is 0 Å². The van der Waals surface area contributed by atoms with E-state index in [0.29, 0.717) is 5.95 Å². The summed E-state index contributed by atoms with van der Waals surface area (Å²) in [6, 6.07) is 11.9. The highest BCUT2D eigenvalue weighted by atomic mass is 32.1. The Morgan fingerprint density at radius 1 is 1.09 bits per heavy atom. The number of anilines is 2. The van der Waals surface area contributed by atoms with E-state index in [1.807, 2.05) is 43.3 Å². The van der Waals surface area contributed by atoms with Gasteiger partial charge in [-0.25, -0.2) is 15.0 Å². The molecule has 3 rings (SSSR count). The lowest BCUT2D eigenvalue weighted by molar-refractivity contribution is 0.903. The molecule has 2 aromatic heterocycles. The van der Waals surface area contributed by atoms with Crippen molar-refractivity contribution in [3.8, 4) is 10.6 Å². The molecular weight excluding hydrogens is 292 g/mol. The van der Waals surface area contributed by atoms with Gasteiger partial charge in [0.15, 0.2) is 0 Å². The van der Waals surface area contributed by atoms with Gasteiger partial charge in [-0.15, -0.1) is 11.3 Å². The minimum atomic E-state index is 0.605. The lowest BCUT2D eigenvalue weighted by Gasteiger charge is -2.05. The van der Waals surface area contributed by atoms with Gasteiger partial charge in [0.25, 0.3) is 0 Å². The Balaban J connectivity index is 1.88. The van der Waals surface area contributed by atoms with Crippen molar-refractivity contribution in [3.63, 3.8) is 0 Å². The zero-order chi connectivity index (χ0) is 15.4. The molecule has 5 heteroatoms. The molecule has 0 amide bonds. The summed E-state index contributed by atoms with van der Waals surface area (Å²) in [6.45, 7) is 4.21. The molecule has 1 N–H and O–H groups in total. The van der Waals surface area contributed by atoms with E-state index >= 15 is 0 Å². The van der Waals surface area contributed by atoms with Gasteiger partial charge in [0.05, 0.1) is 21.3 Å². The SMILES string of the molecule is CCCc1nc(C)c(-c2ccnc(Nc3ccccc3)n2)s1. The van der Waals surface area contributed by atoms with Crippen LogP contribution < -0.4 is 5.32 Å². The van der Waals surface area contributed by atoms with Gasteiger partial charge in [-0.1, -0.05) is 25.1 Å². The number of aromatic nitrogens is 3. The van der Waals surface area contributed by atoms with E-state index in [2.05, 4.69) is 27.2 Å². The third-order valence-corrected chi connectivity index (χ3v) is 4.46. The Bertz CT molecular complexity index is 752. The normalized spacial score (nSPS) is 10.6. The molecule has 0 aliphatic carbocycles. The van der Waals surface area contributed by atoms with E-state index in [1.54, 1.807) is 17.5 Å². The largest absolute Gasteiger partial charge is 0.324 e. The lowest BCUT2D eigenvalue weighted by Crippen LogP contribution is -1.97. The van der Waals surface area contributed by atoms with Crippen LogP contribution in [-0.2, 0) is 6.42 Å². The van der Waals surface area contributed by atoms with E-state index < -0.39 is 0 Å². The van der Waals surface area contributed by atoms with Crippen molar-refractivity contribution in [2.45, 2.75) is 26.7 Å². The first-order valence-corrected chi connectivity index (χ1v) is 8.19. The molecule has 22 heavy (non-hydrogen) atoms. The highest BCUT2D eigenvalue weighted by molar-refractivity contribution is 7.15. The molecule has 0 atom stereocenters. The average Bonchev–Trinajstić information content (AvgIpc) is 2.90. The highest BCUT2D eigenvalue weighted by Gasteiger charge is 2.11. The number of rotatable bonds is 5. The number of thiazole rings is 1. The first-order valence-electron chi connectivity index (χ1n) is 7.38. The predicted octanol–water partition coefficient (Wildman–Crippen LogP) is 4.60. The third kappa shape index (κ3) is 3.31. The predicted molar refractivity (Wildman–Crippen MR) is 91.6 cm³/mol. The maximum Gasteiger partial charge on any atom is 0.227 e. The van der Waals surface area contributed by atoms with Crippen molar-refractivity contribution in [3.05, 3.63) is 53.3 Å². The van der Waals surface area contributed by atoms with Gasteiger partial charge in [0.2, 0.25) is 5.95 Å². The smallest absolute Gasteiger partial charge is 0.227 e. The van der Waals surface area contributed by atoms with Crippen LogP contribution in [0.1, 0.15) is 24.0 Å². The molecule has 112 valence electrons. The minimum Gasteiger partial charge on any atom is -0.324 e. The van der Waals surface area contributed by atoms with Gasteiger partial charge < -0.3 is 5.32 Å². The van der Waals surface area contributed by atoms with Gasteiger partial charge in [0.1, 0.15) is 0 Å². The number of aryl methyl sites for hydroxylation is 2. The Labute approximate surface area is 134 Å². The summed E-state index contributed by atoms with van der Waals surface area (Å²) >= 11 is 1.72. The second kappa shape index (κ2) is 6.66. The molecule has 0 saturated carbocycles. The van der Waals surface area contributed by atoms with Gasteiger partial charge >= 0.3 is 0 Å². The zero-order valence-corrected chi connectivity index (χ0v) is 13.5. The van der Waals surface area contributed by atoms with Crippen molar-refractivity contribution < 1.29 is 0 Å². The van der Waals surface area contributed by atoms with E-state index in [0.717, 1.165) is 34.8 Å². The van der Waals surface area contributed by atoms with Gasteiger partial charge in [-0.3, -0.25) is 0 Å². The van der Waals surface area contributed by atoms with Crippen LogP contribution in [0.15, 0.2) is 42.6 Å². The quantitative estimate of drug-likeness (QED) is 0.748. The maximum absolute atomic E-state index is 4.63. The Morgan fingerprint density at radius 2 is 1.91 bits per heavy atom. The minimum absolute atomic E-state index is 0.605. The van der Waals surface area contributed by atoms with Crippen molar-refractivity contribution >= 4 is 23.0 Å². The number of benzene rings is 1. The number of nitrogens with one attached hydrogen (secondary N) is 1. The number of nitrogens with zero attached hydrogens (tertiary/aromatic N) is 3. The van der Waals surface area contributed by atoms with Crippen LogP contribution >= 0.6 is 11.3 Å². The molecule has 0 aliphatic heterocycles. The summed E-state index contributed by atoms with van der Waals surface area (Å²) in [5.74, 6) is 0.605. The van der Waals surface area contributed by atoms with Crippen molar-refractivity contribution in [2.24, 2.45) is 0 Å². The van der Waals surface area contributed by atoms with Crippen molar-refractivity contribution in [1.29, 1.82) is 0 Å². The highest BCUT2D eigenvalue weighted by Crippen LogP contribution is 2.29. The summed E-state index contributed by atoms with van der Waals surface area (Å²) < 4.78 is 0. The molecule has 1 aromatic carbocycles. The maximum atomic E-state index is 4.63. The summed E-state index contributed by atoms with van der Waals surface area (Å²) in [5, 5.41) is 4.40. The van der Waals surface area contributed by atoms with E-state index in [1.165, 1.54) is 5.01 Å². The fraction of sp³-hybridized carbons (Fsp3) is 0.235. The number of hydrogen-bond acceptors (Lipinski definition) is 5. The van der Waals surface area contributed by atoms with Gasteiger partial charge in [-0.05, 0) is 38.0 Å². The summed E-state index contributed by atoms with van der Waals surface area (Å²) in [7, 11) is 0. The Kier molecular flexibility index (Phi) is 4.44. The first-order chi connectivity index (χ1) is 10.8. The molecule has 0 fully saturated rings. The van der Waals surface area contributed by atoms with Gasteiger partial charge in [-0.2, -0.15) is 0 Å². The summed E-state index contributed by atoms with van der Waals surface area (Å²) in [4.78, 5) is 14.7. The second-order valence-electron chi connectivity index (χ2n) is 5.03. The molecule has 0 saturated heterocycles. The van der Waals surface area contributed by atoms with Crippen LogP contribution in [0.5, 0.6) is 0 Å². The topological polar surface area (TPSA) is 50.7 Å². The zero-order valence-electron chi connectivity index (χ0n) is 12.7. The number of hydrogen-bond donors (Lipinski definition) is 1. The second-order valence-corrected chi connectivity index (χ2v) is 6.11. The molecule has 3 aromatic rings. The van der Waals surface area contributed by atoms with Crippen molar-refractivity contribution in [2.75, 3.05) is 5.32 Å². The number of para-hydroxylation sites is 1. The van der Waals surface area contributed by atoms with Crippen LogP contribution in [-0.4, -0.2) is 15.0 Å². The third-order valence-electron chi connectivity index (χ3n) is 3.22.